The molecule has 1 aliphatic heterocycles. The van der Waals surface area contributed by atoms with E-state index < -0.39 is 12.3 Å². The van der Waals surface area contributed by atoms with E-state index in [2.05, 4.69) is 9.89 Å². The maximum atomic E-state index is 12.7. The molecule has 7 nitrogen and oxygen atoms in total. The van der Waals surface area contributed by atoms with Gasteiger partial charge in [0.2, 0.25) is 0 Å². The monoisotopic (exact) mass is 442 g/mol. The zero-order valence-electron chi connectivity index (χ0n) is 18.3. The maximum Gasteiger partial charge on any atom is 0.387 e. The summed E-state index contributed by atoms with van der Waals surface area (Å²) in [5.74, 6) is 0.262. The molecule has 1 saturated heterocycles. The average molecular weight is 443 g/mol. The molecule has 0 bridgehead atoms. The molecule has 1 saturated carbocycles. The third-order valence-corrected chi connectivity index (χ3v) is 5.49. The van der Waals surface area contributed by atoms with Gasteiger partial charge in [0, 0.05) is 18.7 Å². The van der Waals surface area contributed by atoms with Crippen LogP contribution >= 0.6 is 0 Å². The summed E-state index contributed by atoms with van der Waals surface area (Å²) in [5, 5.41) is 14.7. The molecule has 1 aromatic carbocycles. The van der Waals surface area contributed by atoms with Gasteiger partial charge in [-0.25, -0.2) is 0 Å². The average Bonchev–Trinajstić information content (AvgIpc) is 3.19. The number of alkyl halides is 2. The van der Waals surface area contributed by atoms with Crippen LogP contribution in [0.25, 0.3) is 0 Å². The molecule has 1 N–H and O–H groups in total. The lowest BCUT2D eigenvalue weighted by Crippen LogP contribution is -2.57. The number of benzene rings is 1. The van der Waals surface area contributed by atoms with Crippen LogP contribution in [0.5, 0.6) is 11.5 Å². The highest BCUT2D eigenvalue weighted by Gasteiger charge is 2.35. The van der Waals surface area contributed by atoms with E-state index in [0.717, 1.165) is 25.7 Å². The number of morpholine rings is 1. The number of hydrogen-bond acceptors (Lipinski definition) is 7. The van der Waals surface area contributed by atoms with Crippen LogP contribution < -0.4 is 9.47 Å². The highest BCUT2D eigenvalue weighted by Crippen LogP contribution is 2.33. The Bertz CT molecular complexity index is 731. The minimum absolute atomic E-state index is 0.00143. The van der Waals surface area contributed by atoms with E-state index >= 15 is 0 Å². The summed E-state index contributed by atoms with van der Waals surface area (Å²) in [6, 6.07) is 4.63. The molecule has 1 heterocycles. The van der Waals surface area contributed by atoms with E-state index in [1.165, 1.54) is 12.3 Å². The minimum Gasteiger partial charge on any atom is -0.487 e. The van der Waals surface area contributed by atoms with Gasteiger partial charge in [0.25, 0.3) is 0 Å². The quantitative estimate of drug-likeness (QED) is 0.464. The summed E-state index contributed by atoms with van der Waals surface area (Å²) in [4.78, 5) is 7.25. The fourth-order valence-corrected chi connectivity index (χ4v) is 4.00. The van der Waals surface area contributed by atoms with Crippen LogP contribution in [0.2, 0.25) is 0 Å². The summed E-state index contributed by atoms with van der Waals surface area (Å²) in [5.41, 5.74) is -0.585. The summed E-state index contributed by atoms with van der Waals surface area (Å²) >= 11 is 0. The van der Waals surface area contributed by atoms with Crippen molar-refractivity contribution < 1.29 is 32.9 Å². The maximum absolute atomic E-state index is 12.7. The van der Waals surface area contributed by atoms with E-state index in [1.807, 2.05) is 18.7 Å². The predicted octanol–water partition coefficient (Wildman–Crippen LogP) is 3.78. The molecule has 31 heavy (non-hydrogen) atoms. The molecule has 174 valence electrons. The number of rotatable bonds is 9. The van der Waals surface area contributed by atoms with Gasteiger partial charge in [0.15, 0.2) is 23.8 Å². The van der Waals surface area contributed by atoms with E-state index in [0.29, 0.717) is 18.7 Å². The Balaban J connectivity index is 1.60. The van der Waals surface area contributed by atoms with Crippen molar-refractivity contribution in [1.29, 1.82) is 0 Å². The third kappa shape index (κ3) is 7.02. The van der Waals surface area contributed by atoms with Crippen LogP contribution in [-0.2, 0) is 9.57 Å². The van der Waals surface area contributed by atoms with Crippen LogP contribution in [-0.4, -0.2) is 66.6 Å². The zero-order chi connectivity index (χ0) is 22.4. The number of ether oxygens (including phenoxy) is 3. The first-order valence-electron chi connectivity index (χ1n) is 10.8. The first-order valence-corrected chi connectivity index (χ1v) is 10.8. The minimum atomic E-state index is -2.93. The fourth-order valence-electron chi connectivity index (χ4n) is 4.00. The molecule has 0 aromatic heterocycles. The van der Waals surface area contributed by atoms with Crippen molar-refractivity contribution >= 4 is 6.21 Å². The van der Waals surface area contributed by atoms with Crippen molar-refractivity contribution in [2.45, 2.75) is 77.1 Å². The molecular weight excluding hydrogens is 410 g/mol. The van der Waals surface area contributed by atoms with Gasteiger partial charge in [-0.3, -0.25) is 4.90 Å². The number of hydrogen-bond donors (Lipinski definition) is 1. The SMILES string of the molecule is CC1CN(C(C)(O)CO/N=C/c2ccc(OC(F)F)c(OC3CCCC3)c2)CC(C)O1. The molecule has 0 radical (unpaired) electrons. The molecule has 2 fully saturated rings. The van der Waals surface area contributed by atoms with E-state index in [-0.39, 0.29) is 36.4 Å². The van der Waals surface area contributed by atoms with Gasteiger partial charge in [-0.1, -0.05) is 5.16 Å². The first-order chi connectivity index (χ1) is 14.7. The number of oxime groups is 1. The molecule has 1 aliphatic carbocycles. The van der Waals surface area contributed by atoms with Crippen LogP contribution in [0.1, 0.15) is 52.0 Å². The predicted molar refractivity (Wildman–Crippen MR) is 112 cm³/mol. The smallest absolute Gasteiger partial charge is 0.387 e. The summed E-state index contributed by atoms with van der Waals surface area (Å²) < 4.78 is 41.6. The standard InChI is InChI=1S/C22H32F2N2O5/c1-15-12-26(13-16(2)29-15)22(3,27)14-28-25-11-17-8-9-19(31-21(23)24)20(10-17)30-18-6-4-5-7-18/h8-11,15-16,18,21,27H,4-7,12-14H2,1-3H3/b25-11+. The Hall–Kier alpha value is -1.97. The second kappa shape index (κ2) is 10.6. The van der Waals surface area contributed by atoms with Crippen molar-refractivity contribution in [2.24, 2.45) is 5.16 Å². The van der Waals surface area contributed by atoms with Crippen molar-refractivity contribution in [3.63, 3.8) is 0 Å². The Morgan fingerprint density at radius 1 is 1.23 bits per heavy atom. The molecule has 0 amide bonds. The van der Waals surface area contributed by atoms with Crippen molar-refractivity contribution in [3.8, 4) is 11.5 Å². The fraction of sp³-hybridized carbons (Fsp3) is 0.682. The lowest BCUT2D eigenvalue weighted by Gasteiger charge is -2.42. The Kier molecular flexibility index (Phi) is 8.07. The Morgan fingerprint density at radius 3 is 2.55 bits per heavy atom. The van der Waals surface area contributed by atoms with Gasteiger partial charge in [0.1, 0.15) is 0 Å². The van der Waals surface area contributed by atoms with E-state index in [9.17, 15) is 13.9 Å². The highest BCUT2D eigenvalue weighted by atomic mass is 19.3. The van der Waals surface area contributed by atoms with E-state index in [4.69, 9.17) is 14.3 Å². The van der Waals surface area contributed by atoms with Gasteiger partial charge in [-0.05, 0) is 64.7 Å². The molecule has 9 heteroatoms. The molecular formula is C22H32F2N2O5. The second-order valence-electron chi connectivity index (χ2n) is 8.50. The van der Waals surface area contributed by atoms with Gasteiger partial charge >= 0.3 is 6.61 Å². The van der Waals surface area contributed by atoms with Gasteiger partial charge in [0.05, 0.1) is 24.5 Å². The van der Waals surface area contributed by atoms with Crippen LogP contribution in [0.4, 0.5) is 8.78 Å². The lowest BCUT2D eigenvalue weighted by atomic mass is 10.1. The van der Waals surface area contributed by atoms with Crippen molar-refractivity contribution in [3.05, 3.63) is 23.8 Å². The number of halogens is 2. The van der Waals surface area contributed by atoms with Crippen LogP contribution in [0.3, 0.4) is 0 Å². The summed E-state index contributed by atoms with van der Waals surface area (Å²) in [7, 11) is 0. The van der Waals surface area contributed by atoms with Gasteiger partial charge in [-0.15, -0.1) is 0 Å². The third-order valence-electron chi connectivity index (χ3n) is 5.49. The van der Waals surface area contributed by atoms with Gasteiger partial charge < -0.3 is 24.2 Å². The Labute approximate surface area is 181 Å². The second-order valence-corrected chi connectivity index (χ2v) is 8.50. The normalized spacial score (nSPS) is 25.1. The van der Waals surface area contributed by atoms with Crippen molar-refractivity contribution in [1.82, 2.24) is 4.90 Å². The highest BCUT2D eigenvalue weighted by molar-refractivity contribution is 5.80. The molecule has 1 aromatic rings. The zero-order valence-corrected chi connectivity index (χ0v) is 18.3. The summed E-state index contributed by atoms with van der Waals surface area (Å²) in [6.45, 7) is 3.84. The molecule has 3 unspecified atom stereocenters. The summed E-state index contributed by atoms with van der Waals surface area (Å²) in [6.07, 6.45) is 5.39. The first kappa shape index (κ1) is 23.7. The van der Waals surface area contributed by atoms with Crippen LogP contribution in [0, 0.1) is 0 Å². The molecule has 0 spiro atoms. The number of nitrogens with zero attached hydrogens (tertiary/aromatic N) is 2. The molecule has 3 atom stereocenters. The Morgan fingerprint density at radius 2 is 1.90 bits per heavy atom. The topological polar surface area (TPSA) is 72.8 Å². The number of aliphatic hydroxyl groups is 1. The van der Waals surface area contributed by atoms with Crippen molar-refractivity contribution in [2.75, 3.05) is 19.7 Å². The van der Waals surface area contributed by atoms with Crippen LogP contribution in [0.15, 0.2) is 23.4 Å². The largest absolute Gasteiger partial charge is 0.487 e. The lowest BCUT2D eigenvalue weighted by molar-refractivity contribution is -0.189. The van der Waals surface area contributed by atoms with E-state index in [1.54, 1.807) is 19.1 Å². The molecule has 2 aliphatic rings. The van der Waals surface area contributed by atoms with Gasteiger partial charge in [-0.2, -0.15) is 8.78 Å². The molecule has 3 rings (SSSR count).